The molecule has 3 amide bonds. The van der Waals surface area contributed by atoms with Gasteiger partial charge in [0.1, 0.15) is 17.8 Å². The number of likely N-dealkylation sites (tertiary alicyclic amines) is 1. The molecule has 6 aliphatic rings. The maximum Gasteiger partial charge on any atom is 0.343 e. The summed E-state index contributed by atoms with van der Waals surface area (Å²) in [6.07, 6.45) is 3.35. The van der Waals surface area contributed by atoms with Gasteiger partial charge >= 0.3 is 5.96 Å². The molecular formula is C25H31N8O6+. The van der Waals surface area contributed by atoms with Crippen LogP contribution in [0.5, 0.6) is 5.75 Å². The number of nitrogens with one attached hydrogen (secondary N) is 3. The monoisotopic (exact) mass is 539 g/mol. The molecule has 1 aliphatic carbocycles. The van der Waals surface area contributed by atoms with Gasteiger partial charge < -0.3 is 26.0 Å². The Kier molecular flexibility index (Phi) is 4.84. The summed E-state index contributed by atoms with van der Waals surface area (Å²) in [4.78, 5) is 48.2. The fourth-order valence-electron chi connectivity index (χ4n) is 7.16. The lowest BCUT2D eigenvalue weighted by Gasteiger charge is -2.46. The number of benzene rings is 1. The zero-order chi connectivity index (χ0) is 27.3. The zero-order valence-corrected chi connectivity index (χ0v) is 21.1. The molecule has 7 rings (SSSR count). The maximum atomic E-state index is 13.5. The van der Waals surface area contributed by atoms with E-state index in [4.69, 9.17) is 16.2 Å². The van der Waals surface area contributed by atoms with Crippen LogP contribution in [-0.4, -0.2) is 98.9 Å². The van der Waals surface area contributed by atoms with Crippen molar-refractivity contribution in [3.05, 3.63) is 29.3 Å². The van der Waals surface area contributed by atoms with Gasteiger partial charge in [0.25, 0.3) is 11.6 Å². The molecule has 14 heteroatoms. The molecule has 0 aromatic heterocycles. The molecule has 1 aromatic rings. The largest absolute Gasteiger partial charge is 0.492 e. The number of guanidine groups is 2. The number of ether oxygens (including phenoxy) is 1. The fraction of sp³-hybridized carbons (Fsp3) is 0.560. The molecule has 0 radical (unpaired) electrons. The average Bonchev–Trinajstić information content (AvgIpc) is 3.58. The Morgan fingerprint density at radius 1 is 1.23 bits per heavy atom. The molecule has 14 nitrogen and oxygen atoms in total. The highest BCUT2D eigenvalue weighted by atomic mass is 16.5. The Morgan fingerprint density at radius 2 is 1.97 bits per heavy atom. The normalized spacial score (nSPS) is 33.0. The number of carbonyl (C=O) groups is 3. The maximum absolute atomic E-state index is 13.5. The second-order valence-corrected chi connectivity index (χ2v) is 11.3. The van der Waals surface area contributed by atoms with Crippen LogP contribution in [0, 0.1) is 0 Å². The number of nitrogens with two attached hydrogens (primary N) is 2. The van der Waals surface area contributed by atoms with Crippen molar-refractivity contribution in [1.82, 2.24) is 20.4 Å². The van der Waals surface area contributed by atoms with E-state index in [9.17, 15) is 24.6 Å². The number of aliphatic hydroxyl groups is 2. The molecule has 9 N–H and O–H groups in total. The van der Waals surface area contributed by atoms with Crippen molar-refractivity contribution in [3.63, 3.8) is 0 Å². The van der Waals surface area contributed by atoms with E-state index in [1.807, 2.05) is 12.1 Å². The lowest BCUT2D eigenvalue weighted by atomic mass is 9.66. The summed E-state index contributed by atoms with van der Waals surface area (Å²) in [7, 11) is 0. The number of rotatable bonds is 4. The van der Waals surface area contributed by atoms with Crippen molar-refractivity contribution in [3.8, 4) is 5.75 Å². The fourth-order valence-corrected chi connectivity index (χ4v) is 7.16. The third kappa shape index (κ3) is 3.06. The minimum Gasteiger partial charge on any atom is -0.492 e. The van der Waals surface area contributed by atoms with Gasteiger partial charge in [-0.05, 0) is 18.9 Å². The molecule has 0 bridgehead atoms. The molecule has 3 fully saturated rings. The molecular weight excluding hydrogens is 508 g/mol. The van der Waals surface area contributed by atoms with Crippen LogP contribution in [0.25, 0.3) is 0 Å². The summed E-state index contributed by atoms with van der Waals surface area (Å²) < 4.78 is 5.98. The Bertz CT molecular complexity index is 1360. The van der Waals surface area contributed by atoms with Gasteiger partial charge in [-0.3, -0.25) is 34.9 Å². The number of carbonyl (C=O) groups excluding carboxylic acids is 3. The van der Waals surface area contributed by atoms with E-state index in [0.717, 1.165) is 29.7 Å². The van der Waals surface area contributed by atoms with E-state index in [1.165, 1.54) is 4.90 Å². The first-order chi connectivity index (χ1) is 18.6. The molecule has 206 valence electrons. The van der Waals surface area contributed by atoms with Crippen LogP contribution in [0.3, 0.4) is 0 Å². The number of hydrogen-bond acceptors (Lipinski definition) is 11. The van der Waals surface area contributed by atoms with E-state index >= 15 is 0 Å². The summed E-state index contributed by atoms with van der Waals surface area (Å²) in [5.74, 6) is -3.25. The summed E-state index contributed by atoms with van der Waals surface area (Å²) in [6.45, 7) is 0.323. The SMILES string of the molecule is NC1=N[C@@H](CN2C(=O)CCC2=O)[C@@H]2[NH+]=C(N)N[C@]23N1CC(NC(=O)c1cccc2c1OCC21CCC1)C3(O)O. The number of nitrogens with zero attached hydrogens (tertiary/aromatic N) is 3. The van der Waals surface area contributed by atoms with Crippen molar-refractivity contribution in [2.45, 2.75) is 67.1 Å². The minimum absolute atomic E-state index is 0.0403. The third-order valence-electron chi connectivity index (χ3n) is 9.35. The van der Waals surface area contributed by atoms with Crippen molar-refractivity contribution in [1.29, 1.82) is 0 Å². The van der Waals surface area contributed by atoms with Gasteiger partial charge in [0.2, 0.25) is 17.6 Å². The van der Waals surface area contributed by atoms with Crippen LogP contribution in [0.1, 0.15) is 48.0 Å². The number of imide groups is 1. The molecule has 5 heterocycles. The summed E-state index contributed by atoms with van der Waals surface area (Å²) in [5.41, 5.74) is 11.9. The van der Waals surface area contributed by atoms with E-state index in [0.29, 0.717) is 17.9 Å². The molecule has 1 unspecified atom stereocenters. The van der Waals surface area contributed by atoms with Crippen molar-refractivity contribution >= 4 is 29.6 Å². The summed E-state index contributed by atoms with van der Waals surface area (Å²) in [6, 6.07) is 2.51. The molecule has 4 atom stereocenters. The first-order valence-corrected chi connectivity index (χ1v) is 13.2. The third-order valence-corrected chi connectivity index (χ3v) is 9.35. The summed E-state index contributed by atoms with van der Waals surface area (Å²) in [5, 5.41) is 29.1. The van der Waals surface area contributed by atoms with E-state index in [1.54, 1.807) is 6.07 Å². The van der Waals surface area contributed by atoms with Crippen LogP contribution in [0.4, 0.5) is 0 Å². The highest BCUT2D eigenvalue weighted by Gasteiger charge is 2.76. The number of hydrogen-bond donors (Lipinski definition) is 7. The van der Waals surface area contributed by atoms with Crippen LogP contribution in [0.2, 0.25) is 0 Å². The number of fused-ring (bicyclic) bond motifs is 2. The van der Waals surface area contributed by atoms with Crippen molar-refractivity contribution in [2.75, 3.05) is 19.7 Å². The smallest absolute Gasteiger partial charge is 0.343 e. The Hall–Kier alpha value is -3.91. The van der Waals surface area contributed by atoms with Crippen molar-refractivity contribution < 1.29 is 34.3 Å². The molecule has 2 saturated heterocycles. The first-order valence-electron chi connectivity index (χ1n) is 13.2. The van der Waals surface area contributed by atoms with Crippen LogP contribution in [-0.2, 0) is 15.0 Å². The van der Waals surface area contributed by atoms with Gasteiger partial charge in [-0.1, -0.05) is 18.6 Å². The molecule has 5 aliphatic heterocycles. The minimum atomic E-state index is -2.60. The van der Waals surface area contributed by atoms with Crippen LogP contribution < -0.4 is 31.8 Å². The Balaban J connectivity index is 1.19. The second kappa shape index (κ2) is 7.82. The predicted molar refractivity (Wildman–Crippen MR) is 134 cm³/mol. The molecule has 39 heavy (non-hydrogen) atoms. The quantitative estimate of drug-likeness (QED) is 0.144. The molecule has 1 aromatic carbocycles. The Labute approximate surface area is 223 Å². The van der Waals surface area contributed by atoms with Gasteiger partial charge in [0, 0.05) is 23.8 Å². The van der Waals surface area contributed by atoms with Gasteiger partial charge in [0.15, 0.2) is 12.0 Å². The summed E-state index contributed by atoms with van der Waals surface area (Å²) >= 11 is 0. The number of para-hydroxylation sites is 1. The predicted octanol–water partition coefficient (Wildman–Crippen LogP) is -4.50. The number of amides is 3. The van der Waals surface area contributed by atoms with Gasteiger partial charge in [0.05, 0.1) is 25.3 Å². The van der Waals surface area contributed by atoms with E-state index in [-0.39, 0.29) is 55.1 Å². The van der Waals surface area contributed by atoms with Crippen LogP contribution >= 0.6 is 0 Å². The lowest BCUT2D eigenvalue weighted by Crippen LogP contribution is -2.90. The van der Waals surface area contributed by atoms with Gasteiger partial charge in [-0.25, -0.2) is 10.3 Å². The highest BCUT2D eigenvalue weighted by molar-refractivity contribution is 6.02. The van der Waals surface area contributed by atoms with Gasteiger partial charge in [-0.2, -0.15) is 0 Å². The second-order valence-electron chi connectivity index (χ2n) is 11.3. The Morgan fingerprint density at radius 3 is 2.67 bits per heavy atom. The highest BCUT2D eigenvalue weighted by Crippen LogP contribution is 2.52. The average molecular weight is 540 g/mol. The van der Waals surface area contributed by atoms with E-state index in [2.05, 4.69) is 20.6 Å². The van der Waals surface area contributed by atoms with E-state index < -0.39 is 35.5 Å². The standard InChI is InChI=1S/C25H30N8O6/c26-21-30-19-14(9-32-16(34)5-6-17(32)35)28-22(27)33-10-15(25(37,38)24(19,33)31-21)29-20(36)12-3-1-4-13-18(12)39-11-23(13)7-2-8-23/h1,3-4,14-15,19,37-38H,2,5-11H2,(H2,27,28)(H,29,36)(H3,26,30,31)/p+1/t14-,15?,19-,24-/m0/s1. The zero-order valence-electron chi connectivity index (χ0n) is 21.1. The first kappa shape index (κ1) is 24.2. The molecule has 1 saturated carbocycles. The van der Waals surface area contributed by atoms with Gasteiger partial charge in [-0.15, -0.1) is 0 Å². The van der Waals surface area contributed by atoms with Crippen LogP contribution in [0.15, 0.2) is 23.2 Å². The van der Waals surface area contributed by atoms with Crippen molar-refractivity contribution in [2.24, 2.45) is 16.5 Å². The topological polar surface area (TPSA) is 210 Å². The molecule has 2 spiro atoms. The number of aliphatic imine (C=N–C) groups is 1. The lowest BCUT2D eigenvalue weighted by molar-refractivity contribution is -0.521.